The van der Waals surface area contributed by atoms with Crippen molar-refractivity contribution in [2.24, 2.45) is 11.8 Å². The molecule has 4 heterocycles. The Morgan fingerprint density at radius 2 is 1.56 bits per heavy atom. The molecule has 10 atom stereocenters. The van der Waals surface area contributed by atoms with Gasteiger partial charge in [0, 0.05) is 17.9 Å². The fraction of sp³-hybridized carbons (Fsp3) is 0.552. The van der Waals surface area contributed by atoms with Gasteiger partial charge in [-0.3, -0.25) is 4.79 Å². The Kier molecular flexibility index (Phi) is 6.72. The minimum absolute atomic E-state index is 0.0639. The first-order valence-corrected chi connectivity index (χ1v) is 13.6. The predicted molar refractivity (Wildman–Crippen MR) is 137 cm³/mol. The van der Waals surface area contributed by atoms with E-state index in [0.717, 1.165) is 16.7 Å². The van der Waals surface area contributed by atoms with Crippen LogP contribution < -0.4 is 18.9 Å². The number of aliphatic hydroxyl groups excluding tert-OH is 2. The third-order valence-corrected chi connectivity index (χ3v) is 8.62. The lowest BCUT2D eigenvalue weighted by molar-refractivity contribution is -0.364. The van der Waals surface area contributed by atoms with E-state index in [0.29, 0.717) is 23.0 Å². The Labute approximate surface area is 235 Å². The summed E-state index contributed by atoms with van der Waals surface area (Å²) in [5, 5.41) is 21.9. The van der Waals surface area contributed by atoms with Gasteiger partial charge in [0.2, 0.25) is 6.79 Å². The van der Waals surface area contributed by atoms with Crippen LogP contribution in [0.15, 0.2) is 30.3 Å². The van der Waals surface area contributed by atoms with E-state index in [-0.39, 0.29) is 26.0 Å². The summed E-state index contributed by atoms with van der Waals surface area (Å²) < 4.78 is 51.9. The summed E-state index contributed by atoms with van der Waals surface area (Å²) in [7, 11) is 3.14. The molecule has 0 bridgehead atoms. The summed E-state index contributed by atoms with van der Waals surface area (Å²) in [6.07, 6.45) is -6.59. The van der Waals surface area contributed by atoms with Crippen LogP contribution in [0.3, 0.4) is 0 Å². The molecule has 0 saturated carbocycles. The molecule has 2 aromatic carbocycles. The van der Waals surface area contributed by atoms with E-state index in [2.05, 4.69) is 0 Å². The van der Waals surface area contributed by atoms with E-state index in [1.165, 1.54) is 0 Å². The molecule has 0 aromatic heterocycles. The molecule has 5 aliphatic rings. The molecule has 0 spiro atoms. The van der Waals surface area contributed by atoms with Crippen molar-refractivity contribution in [3.05, 3.63) is 47.0 Å². The standard InChI is InChI=1S/C29H32O12/c1-12-35-10-21-27(39-12)24(30)25(31)29(40-21)41-26-17-8-20-19(37-11-38-20)7-16(17)22(23-18(26)9-36-28(23)32)13-4-14(33-2)6-15(5-13)34-3/h4-8,12,18,21-27,29-31H,9-11H2,1-3H3/t12-,18+,21-,22-,23+,24-,25-,26?,27-,29?/m1/s1. The number of fused-ring (bicyclic) bond motifs is 4. The van der Waals surface area contributed by atoms with Gasteiger partial charge in [-0.15, -0.1) is 0 Å². The van der Waals surface area contributed by atoms with Gasteiger partial charge in [-0.05, 0) is 47.9 Å². The van der Waals surface area contributed by atoms with Gasteiger partial charge >= 0.3 is 5.97 Å². The molecule has 3 fully saturated rings. The van der Waals surface area contributed by atoms with Crippen molar-refractivity contribution in [1.29, 1.82) is 0 Å². The van der Waals surface area contributed by atoms with Gasteiger partial charge in [0.1, 0.15) is 35.9 Å². The second-order valence-corrected chi connectivity index (χ2v) is 10.9. The fourth-order valence-corrected chi connectivity index (χ4v) is 6.65. The second-order valence-electron chi connectivity index (χ2n) is 10.9. The number of benzene rings is 2. The van der Waals surface area contributed by atoms with E-state index >= 15 is 0 Å². The minimum atomic E-state index is -1.41. The van der Waals surface area contributed by atoms with Crippen molar-refractivity contribution in [2.45, 2.75) is 55.9 Å². The number of cyclic esters (lactones) is 1. The van der Waals surface area contributed by atoms with Crippen molar-refractivity contribution < 1.29 is 57.6 Å². The van der Waals surface area contributed by atoms with Crippen LogP contribution in [-0.2, 0) is 28.5 Å². The van der Waals surface area contributed by atoms with Gasteiger partial charge in [-0.2, -0.15) is 0 Å². The molecule has 7 rings (SSSR count). The van der Waals surface area contributed by atoms with Gasteiger partial charge in [-0.25, -0.2) is 0 Å². The van der Waals surface area contributed by atoms with Gasteiger partial charge < -0.3 is 52.8 Å². The third kappa shape index (κ3) is 4.41. The van der Waals surface area contributed by atoms with Gasteiger partial charge in [0.05, 0.1) is 39.5 Å². The van der Waals surface area contributed by atoms with Crippen molar-refractivity contribution in [3.63, 3.8) is 0 Å². The van der Waals surface area contributed by atoms with E-state index in [4.69, 9.17) is 42.6 Å². The number of carbonyl (C=O) groups excluding carboxylic acids is 1. The van der Waals surface area contributed by atoms with E-state index in [1.807, 2.05) is 24.3 Å². The largest absolute Gasteiger partial charge is 0.497 e. The lowest BCUT2D eigenvalue weighted by Gasteiger charge is -2.47. The molecule has 0 amide bonds. The molecule has 41 heavy (non-hydrogen) atoms. The van der Waals surface area contributed by atoms with E-state index in [1.54, 1.807) is 27.2 Å². The average molecular weight is 573 g/mol. The number of hydrogen-bond donors (Lipinski definition) is 2. The van der Waals surface area contributed by atoms with E-state index < -0.39 is 60.9 Å². The number of ether oxygens (including phenoxy) is 9. The van der Waals surface area contributed by atoms with E-state index in [9.17, 15) is 15.0 Å². The Balaban J connectivity index is 1.31. The molecule has 2 aromatic rings. The SMILES string of the molecule is COc1cc(OC)cc([C@@H]2c3cc4c(cc3C(OC3O[C@@H]5CO[C@@H](C)O[C@H]5[C@H](O)[C@H]3O)[C@H]3COC(=O)[C@H]23)OCO4)c1. The first-order chi connectivity index (χ1) is 19.9. The Morgan fingerprint density at radius 3 is 2.27 bits per heavy atom. The zero-order valence-corrected chi connectivity index (χ0v) is 22.8. The molecular formula is C29H32O12. The summed E-state index contributed by atoms with van der Waals surface area (Å²) in [4.78, 5) is 13.4. The van der Waals surface area contributed by atoms with Crippen molar-refractivity contribution >= 4 is 5.97 Å². The van der Waals surface area contributed by atoms with Crippen LogP contribution in [0, 0.1) is 11.8 Å². The van der Waals surface area contributed by atoms with Crippen LogP contribution in [0.5, 0.6) is 23.0 Å². The van der Waals surface area contributed by atoms with Crippen LogP contribution in [-0.4, -0.2) is 87.4 Å². The smallest absolute Gasteiger partial charge is 0.310 e. The lowest BCUT2D eigenvalue weighted by Crippen LogP contribution is -2.63. The molecule has 4 aliphatic heterocycles. The summed E-state index contributed by atoms with van der Waals surface area (Å²) in [5.41, 5.74) is 2.31. The van der Waals surface area contributed by atoms with Crippen molar-refractivity contribution in [2.75, 3.05) is 34.2 Å². The number of hydrogen-bond acceptors (Lipinski definition) is 12. The maximum absolute atomic E-state index is 13.4. The molecular weight excluding hydrogens is 540 g/mol. The minimum Gasteiger partial charge on any atom is -0.497 e. The Bertz CT molecular complexity index is 1310. The number of esters is 1. The van der Waals surface area contributed by atoms with Crippen LogP contribution in [0.4, 0.5) is 0 Å². The normalized spacial score (nSPS) is 37.0. The average Bonchev–Trinajstić information content (AvgIpc) is 3.60. The first kappa shape index (κ1) is 26.7. The van der Waals surface area contributed by atoms with Gasteiger partial charge in [0.25, 0.3) is 0 Å². The Morgan fingerprint density at radius 1 is 0.854 bits per heavy atom. The number of rotatable bonds is 5. The van der Waals surface area contributed by atoms with Gasteiger partial charge in [0.15, 0.2) is 24.1 Å². The molecule has 12 nitrogen and oxygen atoms in total. The maximum Gasteiger partial charge on any atom is 0.310 e. The highest BCUT2D eigenvalue weighted by Crippen LogP contribution is 2.56. The summed E-state index contributed by atoms with van der Waals surface area (Å²) in [6, 6.07) is 9.22. The molecule has 220 valence electrons. The monoisotopic (exact) mass is 572 g/mol. The topological polar surface area (TPSA) is 141 Å². The molecule has 12 heteroatoms. The van der Waals surface area contributed by atoms with Crippen LogP contribution >= 0.6 is 0 Å². The maximum atomic E-state index is 13.4. The van der Waals surface area contributed by atoms with Crippen LogP contribution in [0.2, 0.25) is 0 Å². The zero-order chi connectivity index (χ0) is 28.4. The van der Waals surface area contributed by atoms with Crippen LogP contribution in [0.25, 0.3) is 0 Å². The highest BCUT2D eigenvalue weighted by molar-refractivity contribution is 5.78. The first-order valence-electron chi connectivity index (χ1n) is 13.6. The molecule has 1 aliphatic carbocycles. The molecule has 2 unspecified atom stereocenters. The highest BCUT2D eigenvalue weighted by Gasteiger charge is 2.56. The molecule has 2 N–H and O–H groups in total. The quantitative estimate of drug-likeness (QED) is 0.503. The van der Waals surface area contributed by atoms with Crippen molar-refractivity contribution in [3.8, 4) is 23.0 Å². The summed E-state index contributed by atoms with van der Waals surface area (Å²) >= 11 is 0. The highest BCUT2D eigenvalue weighted by atomic mass is 16.8. The summed E-state index contributed by atoms with van der Waals surface area (Å²) in [5.74, 6) is 0.353. The second kappa shape index (κ2) is 10.3. The molecule has 0 radical (unpaired) electrons. The summed E-state index contributed by atoms with van der Waals surface area (Å²) in [6.45, 7) is 2.05. The predicted octanol–water partition coefficient (Wildman–Crippen LogP) is 1.63. The van der Waals surface area contributed by atoms with Crippen LogP contribution in [0.1, 0.15) is 35.6 Å². The number of carbonyl (C=O) groups is 1. The number of methoxy groups -OCH3 is 2. The number of aliphatic hydroxyl groups is 2. The third-order valence-electron chi connectivity index (χ3n) is 8.62. The molecule has 3 saturated heterocycles. The van der Waals surface area contributed by atoms with Crippen molar-refractivity contribution in [1.82, 2.24) is 0 Å². The van der Waals surface area contributed by atoms with Gasteiger partial charge in [-0.1, -0.05) is 0 Å². The Hall–Kier alpha value is -3.13. The lowest BCUT2D eigenvalue weighted by atomic mass is 9.66. The zero-order valence-electron chi connectivity index (χ0n) is 22.8. The fourth-order valence-electron chi connectivity index (χ4n) is 6.65.